The molecule has 1 aromatic rings. The summed E-state index contributed by atoms with van der Waals surface area (Å²) in [6, 6.07) is 10.3. The minimum Gasteiger partial charge on any atom is -0.548 e. The average molecular weight is 206 g/mol. The first-order valence-corrected chi connectivity index (χ1v) is 8.30. The van der Waals surface area contributed by atoms with Gasteiger partial charge in [0.05, 0.1) is 5.76 Å². The molecule has 76 valence electrons. The minimum absolute atomic E-state index is 1.01. The monoisotopic (exact) mass is 206 g/mol. The Hall–Kier alpha value is -1.02. The third kappa shape index (κ3) is 4.28. The lowest BCUT2D eigenvalue weighted by atomic mass is 10.2. The standard InChI is InChI=1S/C12H18OSi/c1-11(13-14(2,3)4)10-12-8-6-5-7-9-12/h5-10H,1-4H3. The number of benzene rings is 1. The van der Waals surface area contributed by atoms with Gasteiger partial charge in [-0.1, -0.05) is 30.3 Å². The van der Waals surface area contributed by atoms with Gasteiger partial charge >= 0.3 is 0 Å². The first-order valence-electron chi connectivity index (χ1n) is 4.90. The quantitative estimate of drug-likeness (QED) is 0.538. The van der Waals surface area contributed by atoms with Crippen molar-refractivity contribution in [3.05, 3.63) is 41.7 Å². The Kier molecular flexibility index (Phi) is 3.53. The summed E-state index contributed by atoms with van der Waals surface area (Å²) in [5.74, 6) is 1.01. The molecule has 2 heteroatoms. The second-order valence-corrected chi connectivity index (χ2v) is 8.81. The lowest BCUT2D eigenvalue weighted by Gasteiger charge is -2.19. The zero-order valence-electron chi connectivity index (χ0n) is 9.37. The molecule has 0 N–H and O–H groups in total. The van der Waals surface area contributed by atoms with Crippen LogP contribution < -0.4 is 0 Å². The van der Waals surface area contributed by atoms with Crippen LogP contribution in [0.2, 0.25) is 19.6 Å². The molecular formula is C12H18OSi. The number of hydrogen-bond donors (Lipinski definition) is 0. The van der Waals surface area contributed by atoms with Crippen molar-refractivity contribution >= 4 is 14.4 Å². The molecule has 0 unspecified atom stereocenters. The molecule has 0 aliphatic heterocycles. The van der Waals surface area contributed by atoms with Crippen molar-refractivity contribution in [3.63, 3.8) is 0 Å². The van der Waals surface area contributed by atoms with Crippen LogP contribution in [0.4, 0.5) is 0 Å². The summed E-state index contributed by atoms with van der Waals surface area (Å²) in [6.07, 6.45) is 2.08. The average Bonchev–Trinajstić information content (AvgIpc) is 2.02. The Morgan fingerprint density at radius 3 is 2.21 bits per heavy atom. The first kappa shape index (κ1) is 11.1. The second kappa shape index (κ2) is 4.47. The zero-order chi connectivity index (χ0) is 10.6. The second-order valence-electron chi connectivity index (χ2n) is 4.38. The molecule has 0 aliphatic rings. The van der Waals surface area contributed by atoms with E-state index in [0.29, 0.717) is 0 Å². The van der Waals surface area contributed by atoms with Gasteiger partial charge in [-0.05, 0) is 38.2 Å². The molecule has 0 bridgehead atoms. The van der Waals surface area contributed by atoms with Crippen LogP contribution in [-0.2, 0) is 4.43 Å². The largest absolute Gasteiger partial charge is 0.548 e. The maximum Gasteiger partial charge on any atom is 0.241 e. The maximum absolute atomic E-state index is 5.84. The fourth-order valence-electron chi connectivity index (χ4n) is 1.30. The summed E-state index contributed by atoms with van der Waals surface area (Å²) < 4.78 is 5.84. The van der Waals surface area contributed by atoms with E-state index < -0.39 is 8.32 Å². The number of allylic oxidation sites excluding steroid dienone is 1. The van der Waals surface area contributed by atoms with Crippen LogP contribution in [0.1, 0.15) is 12.5 Å². The van der Waals surface area contributed by atoms with Gasteiger partial charge in [-0.2, -0.15) is 0 Å². The lowest BCUT2D eigenvalue weighted by molar-refractivity contribution is 0.429. The van der Waals surface area contributed by atoms with Crippen LogP contribution in [-0.4, -0.2) is 8.32 Å². The van der Waals surface area contributed by atoms with Gasteiger partial charge in [0.15, 0.2) is 0 Å². The van der Waals surface area contributed by atoms with E-state index in [9.17, 15) is 0 Å². The van der Waals surface area contributed by atoms with Gasteiger partial charge in [0, 0.05) is 0 Å². The highest BCUT2D eigenvalue weighted by Gasteiger charge is 2.15. The fourth-order valence-corrected chi connectivity index (χ4v) is 2.32. The molecule has 0 amide bonds. The fraction of sp³-hybridized carbons (Fsp3) is 0.333. The highest BCUT2D eigenvalue weighted by molar-refractivity contribution is 6.70. The molecule has 1 aromatic carbocycles. The molecule has 1 nitrogen and oxygen atoms in total. The van der Waals surface area contributed by atoms with Gasteiger partial charge in [-0.25, -0.2) is 0 Å². The van der Waals surface area contributed by atoms with Crippen molar-refractivity contribution in [2.45, 2.75) is 26.6 Å². The van der Waals surface area contributed by atoms with Crippen molar-refractivity contribution in [2.75, 3.05) is 0 Å². The molecule has 14 heavy (non-hydrogen) atoms. The predicted molar refractivity (Wildman–Crippen MR) is 64.5 cm³/mol. The van der Waals surface area contributed by atoms with E-state index in [4.69, 9.17) is 4.43 Å². The summed E-state index contributed by atoms with van der Waals surface area (Å²) >= 11 is 0. The summed E-state index contributed by atoms with van der Waals surface area (Å²) in [5.41, 5.74) is 1.20. The minimum atomic E-state index is -1.44. The van der Waals surface area contributed by atoms with E-state index in [0.717, 1.165) is 5.76 Å². The lowest BCUT2D eigenvalue weighted by Crippen LogP contribution is -2.23. The number of rotatable bonds is 3. The van der Waals surface area contributed by atoms with Crippen LogP contribution in [0.3, 0.4) is 0 Å². The molecule has 0 radical (unpaired) electrons. The van der Waals surface area contributed by atoms with Gasteiger partial charge in [0.25, 0.3) is 0 Å². The van der Waals surface area contributed by atoms with Crippen molar-refractivity contribution in [3.8, 4) is 0 Å². The van der Waals surface area contributed by atoms with Gasteiger partial charge in [-0.15, -0.1) is 0 Å². The molecule has 0 saturated heterocycles. The molecule has 0 aliphatic carbocycles. The first-order chi connectivity index (χ1) is 6.47. The molecule has 0 aromatic heterocycles. The van der Waals surface area contributed by atoms with Crippen molar-refractivity contribution in [1.29, 1.82) is 0 Å². The van der Waals surface area contributed by atoms with Crippen LogP contribution in [0.25, 0.3) is 6.08 Å². The molecule has 0 atom stereocenters. The highest BCUT2D eigenvalue weighted by atomic mass is 28.4. The molecule has 1 rings (SSSR count). The Morgan fingerprint density at radius 1 is 1.14 bits per heavy atom. The van der Waals surface area contributed by atoms with Gasteiger partial charge in [-0.3, -0.25) is 0 Å². The summed E-state index contributed by atoms with van der Waals surface area (Å²) in [4.78, 5) is 0. The highest BCUT2D eigenvalue weighted by Crippen LogP contribution is 2.13. The van der Waals surface area contributed by atoms with Crippen LogP contribution in [0.15, 0.2) is 36.1 Å². The normalized spacial score (nSPS) is 12.7. The molecular weight excluding hydrogens is 188 g/mol. The van der Waals surface area contributed by atoms with Gasteiger partial charge in [0.1, 0.15) is 0 Å². The third-order valence-electron chi connectivity index (χ3n) is 1.64. The van der Waals surface area contributed by atoms with Crippen molar-refractivity contribution in [1.82, 2.24) is 0 Å². The summed E-state index contributed by atoms with van der Waals surface area (Å²) in [7, 11) is -1.44. The number of hydrogen-bond acceptors (Lipinski definition) is 1. The smallest absolute Gasteiger partial charge is 0.241 e. The topological polar surface area (TPSA) is 9.23 Å². The SMILES string of the molecule is CC(=Cc1ccccc1)O[Si](C)(C)C. The Morgan fingerprint density at radius 2 is 1.71 bits per heavy atom. The van der Waals surface area contributed by atoms with Crippen molar-refractivity contribution < 1.29 is 4.43 Å². The zero-order valence-corrected chi connectivity index (χ0v) is 10.4. The van der Waals surface area contributed by atoms with Crippen LogP contribution in [0.5, 0.6) is 0 Å². The van der Waals surface area contributed by atoms with Crippen molar-refractivity contribution in [2.24, 2.45) is 0 Å². The third-order valence-corrected chi connectivity index (χ3v) is 2.57. The predicted octanol–water partition coefficient (Wildman–Crippen LogP) is 3.90. The van der Waals surface area contributed by atoms with E-state index in [-0.39, 0.29) is 0 Å². The Balaban J connectivity index is 2.70. The van der Waals surface area contributed by atoms with Crippen LogP contribution in [0, 0.1) is 0 Å². The van der Waals surface area contributed by atoms with E-state index in [1.54, 1.807) is 0 Å². The molecule has 0 spiro atoms. The summed E-state index contributed by atoms with van der Waals surface area (Å²) in [6.45, 7) is 8.59. The van der Waals surface area contributed by atoms with E-state index in [2.05, 4.69) is 37.8 Å². The maximum atomic E-state index is 5.84. The Bertz CT molecular complexity index is 309. The van der Waals surface area contributed by atoms with E-state index in [1.807, 2.05) is 25.1 Å². The van der Waals surface area contributed by atoms with E-state index >= 15 is 0 Å². The molecule has 0 fully saturated rings. The van der Waals surface area contributed by atoms with E-state index in [1.165, 1.54) is 5.56 Å². The van der Waals surface area contributed by atoms with Gasteiger partial charge < -0.3 is 4.43 Å². The van der Waals surface area contributed by atoms with Gasteiger partial charge in [0.2, 0.25) is 8.32 Å². The molecule has 0 saturated carbocycles. The molecule has 0 heterocycles. The van der Waals surface area contributed by atoms with Crippen LogP contribution >= 0.6 is 0 Å². The summed E-state index contributed by atoms with van der Waals surface area (Å²) in [5, 5.41) is 0. The Labute approximate surface area is 87.5 Å².